The number of fused-ring (bicyclic) bond motifs is 1. The van der Waals surface area contributed by atoms with Crippen molar-refractivity contribution in [2.45, 2.75) is 33.2 Å². The molecule has 0 aliphatic heterocycles. The highest BCUT2D eigenvalue weighted by Crippen LogP contribution is 2.15. The summed E-state index contributed by atoms with van der Waals surface area (Å²) in [7, 11) is 0. The number of hydrogen-bond donors (Lipinski definition) is 1. The van der Waals surface area contributed by atoms with Crippen LogP contribution in [-0.2, 0) is 0 Å². The van der Waals surface area contributed by atoms with Gasteiger partial charge in [0, 0.05) is 10.4 Å². The quantitative estimate of drug-likeness (QED) is 0.519. The van der Waals surface area contributed by atoms with Gasteiger partial charge in [-0.25, -0.2) is 10.1 Å². The van der Waals surface area contributed by atoms with Gasteiger partial charge in [-0.05, 0) is 44.0 Å². The summed E-state index contributed by atoms with van der Waals surface area (Å²) in [6, 6.07) is 14.0. The summed E-state index contributed by atoms with van der Waals surface area (Å²) in [6.45, 7) is 5.64. The summed E-state index contributed by atoms with van der Waals surface area (Å²) in [5, 5.41) is 10.2. The van der Waals surface area contributed by atoms with Gasteiger partial charge in [0.15, 0.2) is 5.69 Å². The van der Waals surface area contributed by atoms with Crippen molar-refractivity contribution in [1.29, 1.82) is 0 Å². The van der Waals surface area contributed by atoms with Crippen LogP contribution in [0.5, 0.6) is 0 Å². The Kier molecular flexibility index (Phi) is 5.90. The van der Waals surface area contributed by atoms with Gasteiger partial charge in [0.05, 0.1) is 17.1 Å². The highest BCUT2D eigenvalue weighted by atomic mass is 35.5. The molecular formula is C21H21ClN4O2. The maximum atomic E-state index is 12.8. The lowest BCUT2D eigenvalue weighted by atomic mass is 10.1. The molecule has 144 valence electrons. The molecule has 0 aliphatic rings. The molecular weight excluding hydrogens is 376 g/mol. The van der Waals surface area contributed by atoms with Gasteiger partial charge in [0.1, 0.15) is 0 Å². The Labute approximate surface area is 167 Å². The Morgan fingerprint density at radius 1 is 1.14 bits per heavy atom. The van der Waals surface area contributed by atoms with E-state index >= 15 is 0 Å². The Morgan fingerprint density at radius 2 is 1.79 bits per heavy atom. The van der Waals surface area contributed by atoms with Crippen LogP contribution in [0, 0.1) is 0 Å². The predicted octanol–water partition coefficient (Wildman–Crippen LogP) is 4.17. The van der Waals surface area contributed by atoms with Crippen molar-refractivity contribution < 1.29 is 4.79 Å². The fraction of sp³-hybridized carbons (Fsp3) is 0.238. The number of rotatable bonds is 5. The first-order valence-electron chi connectivity index (χ1n) is 9.06. The maximum absolute atomic E-state index is 12.8. The molecule has 0 radical (unpaired) electrons. The molecule has 0 aliphatic carbocycles. The molecule has 28 heavy (non-hydrogen) atoms. The van der Waals surface area contributed by atoms with Crippen molar-refractivity contribution >= 4 is 34.0 Å². The molecule has 1 heterocycles. The van der Waals surface area contributed by atoms with E-state index in [1.54, 1.807) is 36.4 Å². The molecule has 0 atom stereocenters. The van der Waals surface area contributed by atoms with Gasteiger partial charge in [-0.3, -0.25) is 9.59 Å². The molecule has 0 spiro atoms. The summed E-state index contributed by atoms with van der Waals surface area (Å²) in [4.78, 5) is 25.4. The fourth-order valence-electron chi connectivity index (χ4n) is 2.89. The summed E-state index contributed by atoms with van der Waals surface area (Å²) in [5.74, 6) is -0.467. The molecule has 3 rings (SSSR count). The number of aromatic nitrogens is 2. The topological polar surface area (TPSA) is 76.3 Å². The highest BCUT2D eigenvalue weighted by Gasteiger charge is 2.17. The van der Waals surface area contributed by atoms with E-state index in [0.717, 1.165) is 5.56 Å². The zero-order valence-corrected chi connectivity index (χ0v) is 16.7. The third-order valence-corrected chi connectivity index (χ3v) is 4.59. The van der Waals surface area contributed by atoms with Crippen LogP contribution in [0.4, 0.5) is 0 Å². The Hall–Kier alpha value is -2.99. The second-order valence-corrected chi connectivity index (χ2v) is 7.03. The molecule has 0 bridgehead atoms. The largest absolute Gasteiger partial charge is 0.292 e. The van der Waals surface area contributed by atoms with Crippen molar-refractivity contribution in [1.82, 2.24) is 15.2 Å². The second kappa shape index (κ2) is 8.35. The Balaban J connectivity index is 2.00. The average Bonchev–Trinajstić information content (AvgIpc) is 2.69. The number of carbonyl (C=O) groups is 1. The number of carbonyl (C=O) groups excluding carboxylic acids is 1. The van der Waals surface area contributed by atoms with Crippen molar-refractivity contribution in [3.63, 3.8) is 0 Å². The molecule has 7 heteroatoms. The lowest BCUT2D eigenvalue weighted by molar-refractivity contribution is 0.0949. The molecule has 0 saturated heterocycles. The van der Waals surface area contributed by atoms with Gasteiger partial charge in [-0.15, -0.1) is 0 Å². The van der Waals surface area contributed by atoms with Crippen molar-refractivity contribution in [2.24, 2.45) is 5.10 Å². The Bertz CT molecular complexity index is 1100. The van der Waals surface area contributed by atoms with Crippen LogP contribution in [0.25, 0.3) is 10.8 Å². The summed E-state index contributed by atoms with van der Waals surface area (Å²) >= 11 is 5.93. The zero-order chi connectivity index (χ0) is 20.3. The van der Waals surface area contributed by atoms with E-state index in [2.05, 4.69) is 15.6 Å². The number of hydrogen-bond acceptors (Lipinski definition) is 4. The lowest BCUT2D eigenvalue weighted by Crippen LogP contribution is -2.30. The molecule has 0 unspecified atom stereocenters. The summed E-state index contributed by atoms with van der Waals surface area (Å²) in [6.07, 6.45) is 0.627. The van der Waals surface area contributed by atoms with Crippen LogP contribution < -0.4 is 11.0 Å². The van der Waals surface area contributed by atoms with E-state index in [4.69, 9.17) is 11.6 Å². The first-order valence-corrected chi connectivity index (χ1v) is 9.44. The smallest absolute Gasteiger partial charge is 0.267 e. The summed E-state index contributed by atoms with van der Waals surface area (Å²) in [5.41, 5.74) is 4.11. The zero-order valence-electron chi connectivity index (χ0n) is 15.9. The van der Waals surface area contributed by atoms with E-state index in [1.165, 1.54) is 4.68 Å². The lowest BCUT2D eigenvalue weighted by Gasteiger charge is -2.13. The van der Waals surface area contributed by atoms with Crippen LogP contribution in [0.3, 0.4) is 0 Å². The van der Waals surface area contributed by atoms with Crippen molar-refractivity contribution in [3.05, 3.63) is 75.2 Å². The molecule has 0 fully saturated rings. The number of nitrogens with one attached hydrogen (secondary N) is 1. The minimum absolute atomic E-state index is 0.166. The standard InChI is InChI=1S/C21H21ClN4O2/c1-4-18(14-9-11-15(22)12-10-14)23-24-20(27)19-16-7-5-6-8-17(16)21(28)26(25-19)13(2)3/h5-13H,4H2,1-3H3,(H,24,27)/b23-18-. The maximum Gasteiger partial charge on any atom is 0.292 e. The van der Waals surface area contributed by atoms with E-state index in [0.29, 0.717) is 27.9 Å². The normalized spacial score (nSPS) is 11.8. The average molecular weight is 397 g/mol. The molecule has 1 aromatic heterocycles. The predicted molar refractivity (Wildman–Crippen MR) is 112 cm³/mol. The molecule has 1 amide bonds. The molecule has 0 saturated carbocycles. The van der Waals surface area contributed by atoms with E-state index in [-0.39, 0.29) is 17.3 Å². The third-order valence-electron chi connectivity index (χ3n) is 4.34. The summed E-state index contributed by atoms with van der Waals surface area (Å²) < 4.78 is 1.32. The van der Waals surface area contributed by atoms with E-state index < -0.39 is 5.91 Å². The number of benzene rings is 2. The molecule has 1 N–H and O–H groups in total. The molecule has 3 aromatic rings. The van der Waals surface area contributed by atoms with Crippen LogP contribution in [0.1, 0.15) is 49.3 Å². The van der Waals surface area contributed by atoms with Crippen molar-refractivity contribution in [2.75, 3.05) is 0 Å². The van der Waals surface area contributed by atoms with Gasteiger partial charge in [0.25, 0.3) is 11.5 Å². The second-order valence-electron chi connectivity index (χ2n) is 6.60. The SMILES string of the molecule is CC/C(=N/NC(=O)c1nn(C(C)C)c(=O)c2ccccc12)c1ccc(Cl)cc1. The van der Waals surface area contributed by atoms with Gasteiger partial charge in [-0.2, -0.15) is 10.2 Å². The molecule has 2 aromatic carbocycles. The van der Waals surface area contributed by atoms with E-state index in [1.807, 2.05) is 32.9 Å². The van der Waals surface area contributed by atoms with Gasteiger partial charge < -0.3 is 0 Å². The number of halogens is 1. The Morgan fingerprint density at radius 3 is 2.39 bits per heavy atom. The minimum atomic E-state index is -0.467. The van der Waals surface area contributed by atoms with Gasteiger partial charge in [-0.1, -0.05) is 48.9 Å². The number of hydrazone groups is 1. The van der Waals surface area contributed by atoms with Crippen LogP contribution >= 0.6 is 11.6 Å². The van der Waals surface area contributed by atoms with Crippen LogP contribution in [-0.4, -0.2) is 21.4 Å². The van der Waals surface area contributed by atoms with Crippen LogP contribution in [0.15, 0.2) is 58.4 Å². The van der Waals surface area contributed by atoms with E-state index in [9.17, 15) is 9.59 Å². The fourth-order valence-corrected chi connectivity index (χ4v) is 3.01. The first-order chi connectivity index (χ1) is 13.4. The van der Waals surface area contributed by atoms with Gasteiger partial charge in [0.2, 0.25) is 0 Å². The number of nitrogens with zero attached hydrogens (tertiary/aromatic N) is 3. The third kappa shape index (κ3) is 3.97. The molecule has 6 nitrogen and oxygen atoms in total. The highest BCUT2D eigenvalue weighted by molar-refractivity contribution is 6.30. The van der Waals surface area contributed by atoms with Crippen LogP contribution in [0.2, 0.25) is 5.02 Å². The van der Waals surface area contributed by atoms with Crippen molar-refractivity contribution in [3.8, 4) is 0 Å². The first kappa shape index (κ1) is 19.8. The number of amides is 1. The minimum Gasteiger partial charge on any atom is -0.267 e. The van der Waals surface area contributed by atoms with Gasteiger partial charge >= 0.3 is 0 Å². The monoisotopic (exact) mass is 396 g/mol.